The number of hydrogen-bond donors (Lipinski definition) is 3. The highest BCUT2D eigenvalue weighted by atomic mass is 35.5. The fourth-order valence-electron chi connectivity index (χ4n) is 4.94. The number of nitrogens with one attached hydrogen (secondary N) is 2. The highest BCUT2D eigenvalue weighted by molar-refractivity contribution is 6.28. The lowest BCUT2D eigenvalue weighted by Gasteiger charge is -2.35. The first-order valence-corrected chi connectivity index (χ1v) is 10.3. The van der Waals surface area contributed by atoms with Gasteiger partial charge in [-0.1, -0.05) is 0 Å². The summed E-state index contributed by atoms with van der Waals surface area (Å²) >= 11 is 5.77. The number of nitro groups is 1. The second kappa shape index (κ2) is 8.65. The molecule has 4 N–H and O–H groups in total. The summed E-state index contributed by atoms with van der Waals surface area (Å²) in [5, 5.41) is 16.4. The smallest absolute Gasteiger partial charge is 0.369 e. The Morgan fingerprint density at radius 1 is 1.38 bits per heavy atom. The standard InChI is InChI=1S/C18H20ClFN8O4/c19-18-23-4-11(20)17(26-18)25-15-10-2-8(14(15)16(21)30)1-9(10)3-22-13(29)6-27-5-12(24-7-27)28(31)32/h4-5,7-10,14-15H,1-3,6H2,(H2,21,30)(H,22,29)(H,23,25,26)/t8-,9+,10-,14+,15-/m1/s1. The van der Waals surface area contributed by atoms with Crippen LogP contribution >= 0.6 is 11.6 Å². The molecule has 2 amide bonds. The van der Waals surface area contributed by atoms with Crippen LogP contribution in [0.2, 0.25) is 5.28 Å². The van der Waals surface area contributed by atoms with Gasteiger partial charge in [-0.15, -0.1) is 0 Å². The van der Waals surface area contributed by atoms with Crippen LogP contribution in [-0.4, -0.2) is 48.8 Å². The van der Waals surface area contributed by atoms with Crippen molar-refractivity contribution >= 4 is 35.1 Å². The monoisotopic (exact) mass is 466 g/mol. The number of hydrogen-bond acceptors (Lipinski definition) is 8. The fraction of sp³-hybridized carbons (Fsp3) is 0.500. The second-order valence-corrected chi connectivity index (χ2v) is 8.39. The second-order valence-electron chi connectivity index (χ2n) is 8.05. The van der Waals surface area contributed by atoms with Gasteiger partial charge in [0.15, 0.2) is 11.6 Å². The van der Waals surface area contributed by atoms with Crippen LogP contribution in [0.4, 0.5) is 16.0 Å². The van der Waals surface area contributed by atoms with Crippen molar-refractivity contribution in [3.8, 4) is 0 Å². The van der Waals surface area contributed by atoms with E-state index in [0.29, 0.717) is 19.4 Å². The van der Waals surface area contributed by atoms with E-state index in [1.807, 2.05) is 0 Å². The number of halogens is 2. The summed E-state index contributed by atoms with van der Waals surface area (Å²) < 4.78 is 15.5. The van der Waals surface area contributed by atoms with Crippen LogP contribution in [0.3, 0.4) is 0 Å². The summed E-state index contributed by atoms with van der Waals surface area (Å²) in [6.07, 6.45) is 4.74. The number of primary amides is 1. The number of fused-ring (bicyclic) bond motifs is 2. The lowest BCUT2D eigenvalue weighted by atomic mass is 9.77. The zero-order valence-electron chi connectivity index (χ0n) is 16.6. The fourth-order valence-corrected chi connectivity index (χ4v) is 5.07. The van der Waals surface area contributed by atoms with E-state index in [4.69, 9.17) is 17.3 Å². The van der Waals surface area contributed by atoms with Gasteiger partial charge in [-0.3, -0.25) is 9.59 Å². The van der Waals surface area contributed by atoms with Crippen molar-refractivity contribution in [3.63, 3.8) is 0 Å². The van der Waals surface area contributed by atoms with E-state index in [1.165, 1.54) is 17.1 Å². The third-order valence-electron chi connectivity index (χ3n) is 6.18. The molecule has 0 saturated heterocycles. The van der Waals surface area contributed by atoms with Gasteiger partial charge in [0.05, 0.1) is 12.1 Å². The van der Waals surface area contributed by atoms with Gasteiger partial charge >= 0.3 is 5.82 Å². The van der Waals surface area contributed by atoms with Crippen molar-refractivity contribution < 1.29 is 18.9 Å². The quantitative estimate of drug-likeness (QED) is 0.290. The van der Waals surface area contributed by atoms with E-state index in [1.54, 1.807) is 0 Å². The van der Waals surface area contributed by atoms with Gasteiger partial charge in [0.2, 0.25) is 23.4 Å². The maximum atomic E-state index is 14.1. The number of rotatable bonds is 8. The highest BCUT2D eigenvalue weighted by Gasteiger charge is 2.54. The minimum absolute atomic E-state index is 0.00794. The number of carbonyl (C=O) groups is 2. The summed E-state index contributed by atoms with van der Waals surface area (Å²) in [7, 11) is 0. The van der Waals surface area contributed by atoms with E-state index < -0.39 is 28.6 Å². The topological polar surface area (TPSA) is 171 Å². The van der Waals surface area contributed by atoms with Gasteiger partial charge in [0.1, 0.15) is 12.7 Å². The van der Waals surface area contributed by atoms with Gasteiger partial charge in [-0.25, -0.2) is 9.37 Å². The Bertz CT molecular complexity index is 1070. The van der Waals surface area contributed by atoms with Crippen molar-refractivity contribution in [2.45, 2.75) is 25.4 Å². The zero-order valence-corrected chi connectivity index (χ0v) is 17.4. The van der Waals surface area contributed by atoms with Gasteiger partial charge in [-0.05, 0) is 52.1 Å². The molecule has 2 aromatic heterocycles. The first kappa shape index (κ1) is 21.9. The van der Waals surface area contributed by atoms with Crippen LogP contribution < -0.4 is 16.4 Å². The molecule has 32 heavy (non-hydrogen) atoms. The van der Waals surface area contributed by atoms with Crippen LogP contribution in [0.5, 0.6) is 0 Å². The average molecular weight is 467 g/mol. The Morgan fingerprint density at radius 2 is 2.16 bits per heavy atom. The molecular formula is C18H20ClFN8O4. The van der Waals surface area contributed by atoms with Crippen molar-refractivity contribution in [1.82, 2.24) is 24.8 Å². The lowest BCUT2D eigenvalue weighted by Crippen LogP contribution is -2.47. The largest absolute Gasteiger partial charge is 0.381 e. The maximum absolute atomic E-state index is 14.1. The minimum atomic E-state index is -0.695. The van der Waals surface area contributed by atoms with E-state index in [-0.39, 0.29) is 47.1 Å². The average Bonchev–Trinajstić information content (AvgIpc) is 3.43. The Hall–Kier alpha value is -3.35. The van der Waals surface area contributed by atoms with E-state index >= 15 is 0 Å². The Labute approximate surface area is 185 Å². The van der Waals surface area contributed by atoms with Crippen molar-refractivity contribution in [1.29, 1.82) is 0 Å². The van der Waals surface area contributed by atoms with Gasteiger partial charge < -0.3 is 31.0 Å². The molecule has 12 nitrogen and oxygen atoms in total. The molecule has 2 saturated carbocycles. The van der Waals surface area contributed by atoms with Crippen LogP contribution in [0, 0.1) is 39.6 Å². The van der Waals surface area contributed by atoms with Crippen LogP contribution in [-0.2, 0) is 16.1 Å². The Balaban J connectivity index is 1.40. The Kier molecular flexibility index (Phi) is 5.91. The zero-order chi connectivity index (χ0) is 23.0. The molecule has 0 radical (unpaired) electrons. The van der Waals surface area contributed by atoms with Crippen LogP contribution in [0.25, 0.3) is 0 Å². The number of nitrogens with zero attached hydrogens (tertiary/aromatic N) is 5. The molecule has 2 fully saturated rings. The molecule has 4 rings (SSSR count). The predicted octanol–water partition coefficient (Wildman–Crippen LogP) is 0.728. The molecular weight excluding hydrogens is 447 g/mol. The number of nitrogens with two attached hydrogens (primary N) is 1. The predicted molar refractivity (Wildman–Crippen MR) is 109 cm³/mol. The van der Waals surface area contributed by atoms with Crippen molar-refractivity contribution in [2.75, 3.05) is 11.9 Å². The third-order valence-corrected chi connectivity index (χ3v) is 6.36. The molecule has 2 heterocycles. The molecule has 2 aliphatic carbocycles. The summed E-state index contributed by atoms with van der Waals surface area (Å²) in [6.45, 7) is 0.228. The highest BCUT2D eigenvalue weighted by Crippen LogP contribution is 2.52. The SMILES string of the molecule is NC(=O)[C@H]1[C@@H]2C[C@@H](CNC(=O)Cn3cnc([N+](=O)[O-])c3)[C@@H](C2)[C@H]1Nc1nc(Cl)ncc1F. The van der Waals surface area contributed by atoms with Gasteiger partial charge in [-0.2, -0.15) is 4.98 Å². The molecule has 0 aliphatic heterocycles. The number of aromatic nitrogens is 4. The first-order chi connectivity index (χ1) is 15.2. The summed E-state index contributed by atoms with van der Waals surface area (Å²) in [5.74, 6) is -2.42. The number of anilines is 1. The molecule has 0 aromatic carbocycles. The first-order valence-electron chi connectivity index (χ1n) is 9.89. The third kappa shape index (κ3) is 4.33. The number of carbonyl (C=O) groups excluding carboxylic acids is 2. The summed E-state index contributed by atoms with van der Waals surface area (Å²) in [5.41, 5.74) is 5.62. The van der Waals surface area contributed by atoms with Crippen molar-refractivity contribution in [2.24, 2.45) is 29.4 Å². The van der Waals surface area contributed by atoms with Crippen LogP contribution in [0.1, 0.15) is 12.8 Å². The molecule has 5 atom stereocenters. The number of amides is 2. The van der Waals surface area contributed by atoms with E-state index in [0.717, 1.165) is 6.20 Å². The molecule has 2 aromatic rings. The molecule has 2 aliphatic rings. The van der Waals surface area contributed by atoms with E-state index in [9.17, 15) is 24.1 Å². The molecule has 2 bridgehead atoms. The summed E-state index contributed by atoms with van der Waals surface area (Å²) in [4.78, 5) is 45.5. The molecule has 0 spiro atoms. The van der Waals surface area contributed by atoms with E-state index in [2.05, 4.69) is 25.6 Å². The number of imidazole rings is 1. The van der Waals surface area contributed by atoms with Gasteiger partial charge in [0.25, 0.3) is 0 Å². The van der Waals surface area contributed by atoms with Crippen LogP contribution in [0.15, 0.2) is 18.7 Å². The van der Waals surface area contributed by atoms with Crippen molar-refractivity contribution in [3.05, 3.63) is 39.9 Å². The maximum Gasteiger partial charge on any atom is 0.381 e. The lowest BCUT2D eigenvalue weighted by molar-refractivity contribution is -0.389. The molecule has 14 heteroatoms. The molecule has 0 unspecified atom stereocenters. The Morgan fingerprint density at radius 3 is 2.84 bits per heavy atom. The minimum Gasteiger partial charge on any atom is -0.369 e. The molecule has 170 valence electrons. The normalized spacial score (nSPS) is 26.1. The summed E-state index contributed by atoms with van der Waals surface area (Å²) in [6, 6.07) is -0.454. The van der Waals surface area contributed by atoms with Gasteiger partial charge in [0, 0.05) is 12.6 Å².